The maximum absolute atomic E-state index is 12.4. The number of nitrogens with one attached hydrogen (secondary N) is 2. The molecule has 2 fully saturated rings. The van der Waals surface area contributed by atoms with Gasteiger partial charge in [-0.3, -0.25) is 9.79 Å². The Morgan fingerprint density at radius 1 is 1.28 bits per heavy atom. The summed E-state index contributed by atoms with van der Waals surface area (Å²) in [6.45, 7) is 12.1. The van der Waals surface area contributed by atoms with Crippen LogP contribution < -0.4 is 10.6 Å². The number of rotatable bonds is 5. The molecule has 29 heavy (non-hydrogen) atoms. The van der Waals surface area contributed by atoms with Gasteiger partial charge in [-0.1, -0.05) is 26.0 Å². The van der Waals surface area contributed by atoms with Crippen LogP contribution in [0.15, 0.2) is 29.3 Å². The summed E-state index contributed by atoms with van der Waals surface area (Å²) in [4.78, 5) is 19.2. The predicted molar refractivity (Wildman–Crippen MR) is 128 cm³/mol. The molecule has 0 saturated carbocycles. The number of benzene rings is 1. The number of carbonyl (C=O) groups is 1. The molecule has 1 amide bonds. The molecule has 162 valence electrons. The Morgan fingerprint density at radius 3 is 2.62 bits per heavy atom. The second-order valence-corrected chi connectivity index (χ2v) is 8.98. The van der Waals surface area contributed by atoms with Crippen LogP contribution in [0.5, 0.6) is 0 Å². The predicted octanol–water partition coefficient (Wildman–Crippen LogP) is 3.41. The SMILES string of the molecule is CN=C(NCc1cccc(C(=O)NCC2CCCO2)c1)N1CC(C)(C)C1(C)C.I. The molecule has 0 spiro atoms. The molecule has 2 heterocycles. The Hall–Kier alpha value is -1.35. The number of halogens is 1. The summed E-state index contributed by atoms with van der Waals surface area (Å²) in [5.74, 6) is 0.852. The Bertz CT molecular complexity index is 742. The monoisotopic (exact) mass is 514 g/mol. The zero-order valence-electron chi connectivity index (χ0n) is 18.2. The number of likely N-dealkylation sites (tertiary alicyclic amines) is 1. The number of hydrogen-bond acceptors (Lipinski definition) is 3. The lowest BCUT2D eigenvalue weighted by Gasteiger charge is -2.62. The van der Waals surface area contributed by atoms with Gasteiger partial charge in [0.25, 0.3) is 5.91 Å². The number of carbonyl (C=O) groups excluding carboxylic acids is 1. The third-order valence-electron chi connectivity index (χ3n) is 6.51. The van der Waals surface area contributed by atoms with Crippen molar-refractivity contribution in [1.82, 2.24) is 15.5 Å². The molecule has 0 radical (unpaired) electrons. The van der Waals surface area contributed by atoms with E-state index < -0.39 is 0 Å². The van der Waals surface area contributed by atoms with Crippen LogP contribution in [0.25, 0.3) is 0 Å². The Morgan fingerprint density at radius 2 is 2.03 bits per heavy atom. The van der Waals surface area contributed by atoms with Crippen molar-refractivity contribution in [2.24, 2.45) is 10.4 Å². The van der Waals surface area contributed by atoms with E-state index in [1.54, 1.807) is 0 Å². The number of ether oxygens (including phenoxy) is 1. The molecule has 0 aliphatic carbocycles. The van der Waals surface area contributed by atoms with Crippen molar-refractivity contribution in [3.8, 4) is 0 Å². The third-order valence-corrected chi connectivity index (χ3v) is 6.51. The van der Waals surface area contributed by atoms with Crippen molar-refractivity contribution < 1.29 is 9.53 Å². The van der Waals surface area contributed by atoms with E-state index >= 15 is 0 Å². The van der Waals surface area contributed by atoms with E-state index in [-0.39, 0.29) is 46.9 Å². The first-order chi connectivity index (χ1) is 13.2. The van der Waals surface area contributed by atoms with Gasteiger partial charge in [-0.25, -0.2) is 0 Å². The molecular formula is C22H35IN4O2. The maximum Gasteiger partial charge on any atom is 0.251 e. The van der Waals surface area contributed by atoms with Crippen LogP contribution in [0.4, 0.5) is 0 Å². The van der Waals surface area contributed by atoms with Crippen molar-refractivity contribution in [1.29, 1.82) is 0 Å². The van der Waals surface area contributed by atoms with Crippen LogP contribution in [0.2, 0.25) is 0 Å². The Labute approximate surface area is 191 Å². The van der Waals surface area contributed by atoms with Crippen molar-refractivity contribution in [3.63, 3.8) is 0 Å². The molecule has 2 aliphatic rings. The number of amides is 1. The quantitative estimate of drug-likeness (QED) is 0.359. The molecule has 0 aromatic heterocycles. The van der Waals surface area contributed by atoms with Crippen molar-refractivity contribution in [2.75, 3.05) is 26.7 Å². The largest absolute Gasteiger partial charge is 0.376 e. The molecule has 1 atom stereocenters. The normalized spacial score (nSPS) is 22.4. The van der Waals surface area contributed by atoms with Crippen LogP contribution in [-0.2, 0) is 11.3 Å². The fraction of sp³-hybridized carbons (Fsp3) is 0.636. The highest BCUT2D eigenvalue weighted by Crippen LogP contribution is 2.46. The summed E-state index contributed by atoms with van der Waals surface area (Å²) in [6, 6.07) is 7.75. The highest BCUT2D eigenvalue weighted by Gasteiger charge is 2.53. The average Bonchev–Trinajstić information content (AvgIpc) is 3.19. The van der Waals surface area contributed by atoms with E-state index in [4.69, 9.17) is 4.74 Å². The van der Waals surface area contributed by atoms with E-state index in [0.29, 0.717) is 18.7 Å². The number of aliphatic imine (C=N–C) groups is 1. The summed E-state index contributed by atoms with van der Waals surface area (Å²) in [6.07, 6.45) is 2.25. The van der Waals surface area contributed by atoms with Crippen molar-refractivity contribution in [3.05, 3.63) is 35.4 Å². The highest BCUT2D eigenvalue weighted by molar-refractivity contribution is 14.0. The first kappa shape index (κ1) is 23.9. The fourth-order valence-electron chi connectivity index (χ4n) is 3.81. The van der Waals surface area contributed by atoms with Gasteiger partial charge >= 0.3 is 0 Å². The van der Waals surface area contributed by atoms with Crippen LogP contribution in [0.1, 0.15) is 56.5 Å². The van der Waals surface area contributed by atoms with Gasteiger partial charge in [-0.15, -0.1) is 24.0 Å². The average molecular weight is 514 g/mol. The molecular weight excluding hydrogens is 479 g/mol. The number of hydrogen-bond donors (Lipinski definition) is 2. The van der Waals surface area contributed by atoms with Crippen LogP contribution in [0, 0.1) is 5.41 Å². The number of nitrogens with zero attached hydrogens (tertiary/aromatic N) is 2. The van der Waals surface area contributed by atoms with E-state index in [0.717, 1.165) is 37.5 Å². The second kappa shape index (κ2) is 9.64. The van der Waals surface area contributed by atoms with Crippen LogP contribution in [-0.4, -0.2) is 55.2 Å². The van der Waals surface area contributed by atoms with Crippen LogP contribution in [0.3, 0.4) is 0 Å². The Balaban J connectivity index is 0.00000300. The lowest BCUT2D eigenvalue weighted by atomic mass is 9.65. The van der Waals surface area contributed by atoms with Gasteiger partial charge in [-0.2, -0.15) is 0 Å². The van der Waals surface area contributed by atoms with Gasteiger partial charge in [0.1, 0.15) is 0 Å². The summed E-state index contributed by atoms with van der Waals surface area (Å²) in [5, 5.41) is 6.43. The molecule has 2 saturated heterocycles. The topological polar surface area (TPSA) is 66.0 Å². The molecule has 1 aromatic carbocycles. The summed E-state index contributed by atoms with van der Waals surface area (Å²) in [5.41, 5.74) is 2.05. The molecule has 2 N–H and O–H groups in total. The summed E-state index contributed by atoms with van der Waals surface area (Å²) < 4.78 is 5.57. The van der Waals surface area contributed by atoms with E-state index in [1.165, 1.54) is 0 Å². The molecule has 1 aromatic rings. The highest BCUT2D eigenvalue weighted by atomic mass is 127. The standard InChI is InChI=1S/C22H34N4O2.HI/c1-21(2)15-26(22(21,3)4)20(23-5)25-13-16-8-6-9-17(12-16)19(27)24-14-18-10-7-11-28-18;/h6,8-9,12,18H,7,10-11,13-15H2,1-5H3,(H,23,25)(H,24,27);1H. The van der Waals surface area contributed by atoms with E-state index in [9.17, 15) is 4.79 Å². The third kappa shape index (κ3) is 5.23. The first-order valence-electron chi connectivity index (χ1n) is 10.2. The van der Waals surface area contributed by atoms with Gasteiger partial charge in [0.05, 0.1) is 6.10 Å². The van der Waals surface area contributed by atoms with E-state index in [2.05, 4.69) is 48.2 Å². The molecule has 2 aliphatic heterocycles. The van der Waals surface area contributed by atoms with Gasteiger partial charge < -0.3 is 20.3 Å². The fourth-order valence-corrected chi connectivity index (χ4v) is 3.81. The molecule has 3 rings (SSSR count). The molecule has 7 heteroatoms. The van der Waals surface area contributed by atoms with Gasteiger partial charge in [0.15, 0.2) is 5.96 Å². The molecule has 1 unspecified atom stereocenters. The van der Waals surface area contributed by atoms with Crippen LogP contribution >= 0.6 is 24.0 Å². The smallest absolute Gasteiger partial charge is 0.251 e. The van der Waals surface area contributed by atoms with E-state index in [1.807, 2.05) is 31.3 Å². The minimum Gasteiger partial charge on any atom is -0.376 e. The second-order valence-electron chi connectivity index (χ2n) is 8.98. The summed E-state index contributed by atoms with van der Waals surface area (Å²) in [7, 11) is 1.82. The Kier molecular flexibility index (Phi) is 7.95. The van der Waals surface area contributed by atoms with Crippen molar-refractivity contribution in [2.45, 2.75) is 58.7 Å². The zero-order valence-corrected chi connectivity index (χ0v) is 20.6. The first-order valence-corrected chi connectivity index (χ1v) is 10.2. The lowest BCUT2D eigenvalue weighted by Crippen LogP contribution is -2.72. The molecule has 6 nitrogen and oxygen atoms in total. The van der Waals surface area contributed by atoms with Crippen molar-refractivity contribution >= 4 is 35.8 Å². The minimum absolute atomic E-state index is 0. The van der Waals surface area contributed by atoms with Gasteiger partial charge in [-0.05, 0) is 44.4 Å². The van der Waals surface area contributed by atoms with Gasteiger partial charge in [0, 0.05) is 49.8 Å². The zero-order chi connectivity index (χ0) is 20.4. The lowest BCUT2D eigenvalue weighted by molar-refractivity contribution is -0.0667. The van der Waals surface area contributed by atoms with Gasteiger partial charge in [0.2, 0.25) is 0 Å². The maximum atomic E-state index is 12.4. The summed E-state index contributed by atoms with van der Waals surface area (Å²) >= 11 is 0. The molecule has 0 bridgehead atoms. The number of guanidine groups is 1. The minimum atomic E-state index is -0.0487.